The van der Waals surface area contributed by atoms with Gasteiger partial charge in [-0.15, -0.1) is 0 Å². The zero-order chi connectivity index (χ0) is 15.5. The van der Waals surface area contributed by atoms with Crippen molar-refractivity contribution in [2.75, 3.05) is 13.1 Å². The molecule has 0 radical (unpaired) electrons. The predicted molar refractivity (Wildman–Crippen MR) is 84.7 cm³/mol. The minimum Gasteiger partial charge on any atom is -0.476 e. The number of aromatic nitrogens is 2. The molecule has 0 saturated carbocycles. The van der Waals surface area contributed by atoms with E-state index in [1.807, 2.05) is 12.1 Å². The lowest BCUT2D eigenvalue weighted by Crippen LogP contribution is -2.29. The first-order chi connectivity index (χ1) is 10.6. The van der Waals surface area contributed by atoms with Crippen LogP contribution in [0.3, 0.4) is 0 Å². The molecule has 1 fully saturated rings. The zero-order valence-electron chi connectivity index (χ0n) is 12.8. The van der Waals surface area contributed by atoms with E-state index in [1.54, 1.807) is 17.8 Å². The van der Waals surface area contributed by atoms with E-state index in [9.17, 15) is 4.79 Å². The van der Waals surface area contributed by atoms with E-state index < -0.39 is 5.97 Å². The Morgan fingerprint density at radius 1 is 1.23 bits per heavy atom. The molecule has 0 amide bonds. The number of carboxylic acids is 1. The Bertz CT molecular complexity index is 672. The second kappa shape index (κ2) is 6.32. The number of carboxylic acid groups (broad SMARTS) is 1. The van der Waals surface area contributed by atoms with Crippen molar-refractivity contribution < 1.29 is 9.90 Å². The molecule has 0 spiro atoms. The number of rotatable bonds is 4. The summed E-state index contributed by atoms with van der Waals surface area (Å²) >= 11 is 0. The van der Waals surface area contributed by atoms with Crippen LogP contribution in [-0.4, -0.2) is 38.8 Å². The van der Waals surface area contributed by atoms with Crippen LogP contribution in [0.4, 0.5) is 0 Å². The Morgan fingerprint density at radius 3 is 2.68 bits per heavy atom. The summed E-state index contributed by atoms with van der Waals surface area (Å²) in [6.07, 6.45) is 3.90. The Kier molecular flexibility index (Phi) is 4.24. The van der Waals surface area contributed by atoms with E-state index in [1.165, 1.54) is 37.9 Å². The van der Waals surface area contributed by atoms with Gasteiger partial charge in [-0.05, 0) is 43.6 Å². The van der Waals surface area contributed by atoms with Crippen molar-refractivity contribution in [3.63, 3.8) is 0 Å². The Balaban J connectivity index is 1.82. The second-order valence-corrected chi connectivity index (χ2v) is 5.88. The third-order valence-electron chi connectivity index (χ3n) is 4.18. The number of carbonyl (C=O) groups is 1. The highest BCUT2D eigenvalue weighted by Crippen LogP contribution is 2.22. The van der Waals surface area contributed by atoms with Crippen LogP contribution in [0.1, 0.15) is 35.3 Å². The summed E-state index contributed by atoms with van der Waals surface area (Å²) in [5.41, 5.74) is 3.19. The number of piperidine rings is 1. The smallest absolute Gasteiger partial charge is 0.356 e. The van der Waals surface area contributed by atoms with Crippen molar-refractivity contribution in [3.05, 3.63) is 41.6 Å². The number of hydrogen-bond donors (Lipinski definition) is 1. The van der Waals surface area contributed by atoms with E-state index in [2.05, 4.69) is 22.1 Å². The summed E-state index contributed by atoms with van der Waals surface area (Å²) in [6, 6.07) is 9.93. The monoisotopic (exact) mass is 299 g/mol. The van der Waals surface area contributed by atoms with Gasteiger partial charge in [0, 0.05) is 19.2 Å². The maximum atomic E-state index is 11.0. The highest BCUT2D eigenvalue weighted by Gasteiger charge is 2.14. The zero-order valence-corrected chi connectivity index (χ0v) is 12.8. The summed E-state index contributed by atoms with van der Waals surface area (Å²) < 4.78 is 1.63. The van der Waals surface area contributed by atoms with E-state index >= 15 is 0 Å². The number of likely N-dealkylation sites (tertiary alicyclic amines) is 1. The first-order valence-electron chi connectivity index (χ1n) is 7.72. The van der Waals surface area contributed by atoms with E-state index in [0.717, 1.165) is 17.8 Å². The van der Waals surface area contributed by atoms with E-state index in [-0.39, 0.29) is 5.69 Å². The first-order valence-corrected chi connectivity index (χ1v) is 7.72. The SMILES string of the molecule is Cn1nc(C(=O)O)cc1-c1cccc(CN2CCCCC2)c1. The van der Waals surface area contributed by atoms with Crippen LogP contribution >= 0.6 is 0 Å². The maximum absolute atomic E-state index is 11.0. The molecule has 116 valence electrons. The van der Waals surface area contributed by atoms with Crippen LogP contribution in [0.2, 0.25) is 0 Å². The van der Waals surface area contributed by atoms with Crippen molar-refractivity contribution in [2.45, 2.75) is 25.8 Å². The highest BCUT2D eigenvalue weighted by molar-refractivity contribution is 5.87. The van der Waals surface area contributed by atoms with Gasteiger partial charge in [0.1, 0.15) is 0 Å². The molecule has 0 unspecified atom stereocenters. The third-order valence-corrected chi connectivity index (χ3v) is 4.18. The van der Waals surface area contributed by atoms with Crippen molar-refractivity contribution in [1.82, 2.24) is 14.7 Å². The molecule has 22 heavy (non-hydrogen) atoms. The van der Waals surface area contributed by atoms with Crippen LogP contribution in [0.25, 0.3) is 11.3 Å². The third kappa shape index (κ3) is 3.20. The summed E-state index contributed by atoms with van der Waals surface area (Å²) in [5.74, 6) is -0.994. The molecule has 1 aromatic heterocycles. The van der Waals surface area contributed by atoms with Crippen LogP contribution < -0.4 is 0 Å². The van der Waals surface area contributed by atoms with Crippen molar-refractivity contribution in [2.24, 2.45) is 7.05 Å². The van der Waals surface area contributed by atoms with Crippen LogP contribution in [-0.2, 0) is 13.6 Å². The fraction of sp³-hybridized carbons (Fsp3) is 0.412. The lowest BCUT2D eigenvalue weighted by molar-refractivity contribution is 0.0689. The fourth-order valence-corrected chi connectivity index (χ4v) is 3.05. The number of hydrogen-bond acceptors (Lipinski definition) is 3. The molecule has 0 bridgehead atoms. The molecule has 0 atom stereocenters. The summed E-state index contributed by atoms with van der Waals surface area (Å²) in [7, 11) is 1.78. The van der Waals surface area contributed by atoms with Gasteiger partial charge in [0.2, 0.25) is 0 Å². The van der Waals surface area contributed by atoms with E-state index in [4.69, 9.17) is 5.11 Å². The minimum absolute atomic E-state index is 0.0823. The maximum Gasteiger partial charge on any atom is 0.356 e. The normalized spacial score (nSPS) is 15.9. The van der Waals surface area contributed by atoms with Crippen molar-refractivity contribution in [3.8, 4) is 11.3 Å². The molecule has 1 N–H and O–H groups in total. The van der Waals surface area contributed by atoms with Crippen LogP contribution in [0.5, 0.6) is 0 Å². The van der Waals surface area contributed by atoms with E-state index in [0.29, 0.717) is 0 Å². The number of aryl methyl sites for hydroxylation is 1. The average molecular weight is 299 g/mol. The van der Waals surface area contributed by atoms with Gasteiger partial charge in [-0.25, -0.2) is 4.79 Å². The van der Waals surface area contributed by atoms with Gasteiger partial charge in [0.25, 0.3) is 0 Å². The lowest BCUT2D eigenvalue weighted by Gasteiger charge is -2.26. The Labute approximate surface area is 130 Å². The molecular weight excluding hydrogens is 278 g/mol. The van der Waals surface area contributed by atoms with Crippen molar-refractivity contribution in [1.29, 1.82) is 0 Å². The molecule has 2 aromatic rings. The lowest BCUT2D eigenvalue weighted by atomic mass is 10.1. The average Bonchev–Trinajstić information content (AvgIpc) is 2.91. The summed E-state index contributed by atoms with van der Waals surface area (Å²) in [5, 5.41) is 13.1. The largest absolute Gasteiger partial charge is 0.476 e. The van der Waals surface area contributed by atoms with Crippen LogP contribution in [0.15, 0.2) is 30.3 Å². The summed E-state index contributed by atoms with van der Waals surface area (Å²) in [4.78, 5) is 13.5. The van der Waals surface area contributed by atoms with Crippen LogP contribution in [0, 0.1) is 0 Å². The molecule has 1 aliphatic rings. The first kappa shape index (κ1) is 14.8. The molecular formula is C17H21N3O2. The van der Waals surface area contributed by atoms with Gasteiger partial charge in [-0.2, -0.15) is 5.10 Å². The molecule has 3 rings (SSSR count). The van der Waals surface area contributed by atoms with Gasteiger partial charge < -0.3 is 5.11 Å². The molecule has 1 aliphatic heterocycles. The molecule has 1 aromatic carbocycles. The van der Waals surface area contributed by atoms with Crippen molar-refractivity contribution >= 4 is 5.97 Å². The quantitative estimate of drug-likeness (QED) is 0.943. The van der Waals surface area contributed by atoms with Gasteiger partial charge in [0.05, 0.1) is 5.69 Å². The van der Waals surface area contributed by atoms with Gasteiger partial charge in [-0.3, -0.25) is 9.58 Å². The molecule has 1 saturated heterocycles. The number of nitrogens with zero attached hydrogens (tertiary/aromatic N) is 3. The van der Waals surface area contributed by atoms with Gasteiger partial charge in [-0.1, -0.05) is 24.6 Å². The predicted octanol–water partition coefficient (Wildman–Crippen LogP) is 2.77. The Hall–Kier alpha value is -2.14. The molecule has 5 nitrogen and oxygen atoms in total. The Morgan fingerprint density at radius 2 is 2.00 bits per heavy atom. The molecule has 2 heterocycles. The second-order valence-electron chi connectivity index (χ2n) is 5.88. The van der Waals surface area contributed by atoms with Gasteiger partial charge >= 0.3 is 5.97 Å². The molecule has 5 heteroatoms. The highest BCUT2D eigenvalue weighted by atomic mass is 16.4. The number of benzene rings is 1. The fourth-order valence-electron chi connectivity index (χ4n) is 3.05. The molecule has 0 aliphatic carbocycles. The minimum atomic E-state index is -0.994. The van der Waals surface area contributed by atoms with Gasteiger partial charge in [0.15, 0.2) is 5.69 Å². The summed E-state index contributed by atoms with van der Waals surface area (Å²) in [6.45, 7) is 3.29. The standard InChI is InChI=1S/C17H21N3O2/c1-19-16(11-15(18-19)17(21)22)14-7-5-6-13(10-14)12-20-8-3-2-4-9-20/h5-7,10-11H,2-4,8-9,12H2,1H3,(H,21,22). The number of aromatic carboxylic acids is 1. The topological polar surface area (TPSA) is 58.4 Å².